The summed E-state index contributed by atoms with van der Waals surface area (Å²) in [7, 11) is 3.22. The van der Waals surface area contributed by atoms with Gasteiger partial charge in [-0.2, -0.15) is 0 Å². The highest BCUT2D eigenvalue weighted by molar-refractivity contribution is 7.09. The lowest BCUT2D eigenvalue weighted by molar-refractivity contribution is -0.122. The van der Waals surface area contributed by atoms with Gasteiger partial charge in [0.15, 0.2) is 11.5 Å². The van der Waals surface area contributed by atoms with Crippen molar-refractivity contribution in [1.29, 1.82) is 0 Å². The number of methoxy groups -OCH3 is 2. The standard InChI is InChI=1S/C20H27N3O3S/c1-25-18-6-5-16(12-19(18)26-2)13-21-20(24)15-23-9-7-22(8-10-23)14-17-4-3-11-27-17/h3-6,11-12H,7-10,13-15H2,1-2H3,(H,21,24). The lowest BCUT2D eigenvalue weighted by Crippen LogP contribution is -2.48. The molecule has 1 aliphatic heterocycles. The minimum atomic E-state index is 0.0523. The first-order valence-electron chi connectivity index (χ1n) is 9.12. The molecule has 146 valence electrons. The summed E-state index contributed by atoms with van der Waals surface area (Å²) in [6.07, 6.45) is 0. The van der Waals surface area contributed by atoms with Crippen molar-refractivity contribution in [2.45, 2.75) is 13.1 Å². The van der Waals surface area contributed by atoms with Crippen molar-refractivity contribution in [2.75, 3.05) is 46.9 Å². The van der Waals surface area contributed by atoms with Gasteiger partial charge in [0.25, 0.3) is 0 Å². The zero-order valence-electron chi connectivity index (χ0n) is 15.9. The van der Waals surface area contributed by atoms with Gasteiger partial charge in [-0.05, 0) is 29.1 Å². The molecular formula is C20H27N3O3S. The third kappa shape index (κ3) is 5.69. The zero-order chi connectivity index (χ0) is 19.1. The Morgan fingerprint density at radius 2 is 1.81 bits per heavy atom. The van der Waals surface area contributed by atoms with Crippen LogP contribution in [0.2, 0.25) is 0 Å². The number of benzene rings is 1. The lowest BCUT2D eigenvalue weighted by atomic mass is 10.2. The summed E-state index contributed by atoms with van der Waals surface area (Å²) in [6.45, 7) is 5.79. The van der Waals surface area contributed by atoms with Crippen LogP contribution in [0, 0.1) is 0 Å². The molecule has 0 aliphatic carbocycles. The molecule has 0 unspecified atom stereocenters. The Morgan fingerprint density at radius 1 is 1.07 bits per heavy atom. The number of nitrogens with zero attached hydrogens (tertiary/aromatic N) is 2. The molecule has 0 radical (unpaired) electrons. The van der Waals surface area contributed by atoms with Crippen molar-refractivity contribution in [3.8, 4) is 11.5 Å². The van der Waals surface area contributed by atoms with E-state index in [1.54, 1.807) is 25.6 Å². The highest BCUT2D eigenvalue weighted by Gasteiger charge is 2.19. The lowest BCUT2D eigenvalue weighted by Gasteiger charge is -2.34. The maximum absolute atomic E-state index is 12.3. The van der Waals surface area contributed by atoms with Crippen molar-refractivity contribution < 1.29 is 14.3 Å². The van der Waals surface area contributed by atoms with E-state index in [4.69, 9.17) is 9.47 Å². The first-order valence-corrected chi connectivity index (χ1v) is 10.0. The number of piperazine rings is 1. The molecule has 2 heterocycles. The van der Waals surface area contributed by atoms with E-state index < -0.39 is 0 Å². The van der Waals surface area contributed by atoms with Crippen molar-refractivity contribution in [3.63, 3.8) is 0 Å². The van der Waals surface area contributed by atoms with Gasteiger partial charge < -0.3 is 14.8 Å². The first-order chi connectivity index (χ1) is 13.2. The van der Waals surface area contributed by atoms with Crippen molar-refractivity contribution in [3.05, 3.63) is 46.2 Å². The molecule has 27 heavy (non-hydrogen) atoms. The summed E-state index contributed by atoms with van der Waals surface area (Å²) in [5, 5.41) is 5.11. The number of thiophene rings is 1. The van der Waals surface area contributed by atoms with Crippen LogP contribution in [-0.4, -0.2) is 62.7 Å². The highest BCUT2D eigenvalue weighted by Crippen LogP contribution is 2.27. The fourth-order valence-corrected chi connectivity index (χ4v) is 3.92. The molecule has 0 spiro atoms. The number of amides is 1. The molecule has 6 nitrogen and oxygen atoms in total. The number of rotatable bonds is 8. The summed E-state index contributed by atoms with van der Waals surface area (Å²) >= 11 is 1.80. The summed E-state index contributed by atoms with van der Waals surface area (Å²) in [6, 6.07) is 9.96. The van der Waals surface area contributed by atoms with Crippen LogP contribution in [0.1, 0.15) is 10.4 Å². The summed E-state index contributed by atoms with van der Waals surface area (Å²) in [5.74, 6) is 1.41. The molecule has 0 saturated carbocycles. The van der Waals surface area contributed by atoms with E-state index in [0.717, 1.165) is 38.3 Å². The van der Waals surface area contributed by atoms with Gasteiger partial charge in [-0.1, -0.05) is 12.1 Å². The normalized spacial score (nSPS) is 15.5. The largest absolute Gasteiger partial charge is 0.493 e. The second-order valence-corrected chi connectivity index (χ2v) is 7.63. The number of hydrogen-bond donors (Lipinski definition) is 1. The van der Waals surface area contributed by atoms with E-state index in [1.807, 2.05) is 18.2 Å². The predicted molar refractivity (Wildman–Crippen MR) is 107 cm³/mol. The van der Waals surface area contributed by atoms with E-state index in [0.29, 0.717) is 24.6 Å². The van der Waals surface area contributed by atoms with Gasteiger partial charge in [0.2, 0.25) is 5.91 Å². The van der Waals surface area contributed by atoms with Crippen LogP contribution < -0.4 is 14.8 Å². The minimum Gasteiger partial charge on any atom is -0.493 e. The number of carbonyl (C=O) groups excluding carboxylic acids is 1. The molecule has 1 aliphatic rings. The van der Waals surface area contributed by atoms with Gasteiger partial charge in [-0.15, -0.1) is 11.3 Å². The molecule has 1 N–H and O–H groups in total. The maximum atomic E-state index is 12.3. The molecule has 3 rings (SSSR count). The monoisotopic (exact) mass is 389 g/mol. The van der Waals surface area contributed by atoms with E-state index >= 15 is 0 Å². The van der Waals surface area contributed by atoms with Crippen LogP contribution in [0.15, 0.2) is 35.7 Å². The number of hydrogen-bond acceptors (Lipinski definition) is 6. The average molecular weight is 390 g/mol. The maximum Gasteiger partial charge on any atom is 0.234 e. The Hall–Kier alpha value is -2.09. The van der Waals surface area contributed by atoms with Crippen LogP contribution in [0.3, 0.4) is 0 Å². The fraction of sp³-hybridized carbons (Fsp3) is 0.450. The Balaban J connectivity index is 1.40. The molecule has 1 saturated heterocycles. The molecule has 7 heteroatoms. The summed E-state index contributed by atoms with van der Waals surface area (Å²) < 4.78 is 10.5. The van der Waals surface area contributed by atoms with Crippen molar-refractivity contribution >= 4 is 17.2 Å². The van der Waals surface area contributed by atoms with Gasteiger partial charge in [-0.3, -0.25) is 14.6 Å². The van der Waals surface area contributed by atoms with Gasteiger partial charge >= 0.3 is 0 Å². The number of nitrogens with one attached hydrogen (secondary N) is 1. The summed E-state index contributed by atoms with van der Waals surface area (Å²) in [4.78, 5) is 18.3. The Labute approximate surface area is 164 Å². The number of carbonyl (C=O) groups is 1. The smallest absolute Gasteiger partial charge is 0.234 e. The molecule has 2 aromatic rings. The van der Waals surface area contributed by atoms with Crippen LogP contribution in [0.25, 0.3) is 0 Å². The van der Waals surface area contributed by atoms with Gasteiger partial charge in [0, 0.05) is 44.1 Å². The number of ether oxygens (including phenoxy) is 2. The van der Waals surface area contributed by atoms with Gasteiger partial charge in [0.05, 0.1) is 20.8 Å². The molecule has 1 fully saturated rings. The molecular weight excluding hydrogens is 362 g/mol. The van der Waals surface area contributed by atoms with E-state index in [-0.39, 0.29) is 5.91 Å². The van der Waals surface area contributed by atoms with Crippen LogP contribution >= 0.6 is 11.3 Å². The van der Waals surface area contributed by atoms with Gasteiger partial charge in [-0.25, -0.2) is 0 Å². The first kappa shape index (κ1) is 19.7. The zero-order valence-corrected chi connectivity index (χ0v) is 16.8. The molecule has 0 bridgehead atoms. The molecule has 0 atom stereocenters. The quantitative estimate of drug-likeness (QED) is 0.750. The third-order valence-electron chi connectivity index (χ3n) is 4.73. The van der Waals surface area contributed by atoms with E-state index in [2.05, 4.69) is 32.6 Å². The van der Waals surface area contributed by atoms with Crippen LogP contribution in [0.4, 0.5) is 0 Å². The third-order valence-corrected chi connectivity index (χ3v) is 5.59. The Morgan fingerprint density at radius 3 is 2.48 bits per heavy atom. The molecule has 1 aromatic carbocycles. The summed E-state index contributed by atoms with van der Waals surface area (Å²) in [5.41, 5.74) is 0.988. The van der Waals surface area contributed by atoms with Gasteiger partial charge in [0.1, 0.15) is 0 Å². The molecule has 1 aromatic heterocycles. The second kappa shape index (κ2) is 9.73. The van der Waals surface area contributed by atoms with Crippen LogP contribution in [0.5, 0.6) is 11.5 Å². The molecule has 1 amide bonds. The predicted octanol–water partition coefficient (Wildman–Crippen LogP) is 2.20. The fourth-order valence-electron chi connectivity index (χ4n) is 3.18. The van der Waals surface area contributed by atoms with Crippen LogP contribution in [-0.2, 0) is 17.9 Å². The average Bonchev–Trinajstić information content (AvgIpc) is 3.20. The van der Waals surface area contributed by atoms with Crippen molar-refractivity contribution in [2.24, 2.45) is 0 Å². The van der Waals surface area contributed by atoms with Crippen molar-refractivity contribution in [1.82, 2.24) is 15.1 Å². The second-order valence-electron chi connectivity index (χ2n) is 6.60. The minimum absolute atomic E-state index is 0.0523. The Bertz CT molecular complexity index is 728. The van der Waals surface area contributed by atoms with E-state index in [1.165, 1.54) is 4.88 Å². The SMILES string of the molecule is COc1ccc(CNC(=O)CN2CCN(Cc3cccs3)CC2)cc1OC. The Kier molecular flexibility index (Phi) is 7.09. The highest BCUT2D eigenvalue weighted by atomic mass is 32.1. The topological polar surface area (TPSA) is 54.0 Å². The van der Waals surface area contributed by atoms with E-state index in [9.17, 15) is 4.79 Å².